The summed E-state index contributed by atoms with van der Waals surface area (Å²) in [6.45, 7) is 4.45. The first-order chi connectivity index (χ1) is 8.76. The quantitative estimate of drug-likeness (QED) is 0.885. The van der Waals surface area contributed by atoms with Gasteiger partial charge in [0.05, 0.1) is 5.54 Å². The first-order valence-electron chi connectivity index (χ1n) is 6.28. The van der Waals surface area contributed by atoms with Crippen molar-refractivity contribution in [3.05, 3.63) is 33.8 Å². The van der Waals surface area contributed by atoms with Crippen molar-refractivity contribution >= 4 is 41.5 Å². The molecule has 1 aliphatic rings. The highest BCUT2D eigenvalue weighted by atomic mass is 35.5. The number of carbonyl (C=O) groups excluding carboxylic acids is 1. The van der Waals surface area contributed by atoms with Crippen LogP contribution in [0.3, 0.4) is 0 Å². The number of halogens is 3. The number of carbonyl (C=O) groups is 1. The van der Waals surface area contributed by atoms with Gasteiger partial charge in [0.2, 0.25) is 5.91 Å². The molecule has 2 rings (SSSR count). The van der Waals surface area contributed by atoms with Crippen molar-refractivity contribution in [1.29, 1.82) is 0 Å². The van der Waals surface area contributed by atoms with Gasteiger partial charge >= 0.3 is 0 Å². The van der Waals surface area contributed by atoms with Gasteiger partial charge in [-0.25, -0.2) is 0 Å². The second-order valence-corrected chi connectivity index (χ2v) is 6.63. The summed E-state index contributed by atoms with van der Waals surface area (Å²) in [4.78, 5) is 11.9. The SMILES string of the molecule is CC(C)(CNC(=O)C1(N)CC1)c1c(Cl)cccc1Cl.Cl. The minimum Gasteiger partial charge on any atom is -0.354 e. The van der Waals surface area contributed by atoms with Crippen molar-refractivity contribution in [3.63, 3.8) is 0 Å². The molecule has 0 aromatic heterocycles. The summed E-state index contributed by atoms with van der Waals surface area (Å²) in [5.41, 5.74) is 5.70. The van der Waals surface area contributed by atoms with E-state index in [4.69, 9.17) is 28.9 Å². The maximum absolute atomic E-state index is 11.9. The Morgan fingerprint density at radius 2 is 1.85 bits per heavy atom. The van der Waals surface area contributed by atoms with Crippen LogP contribution in [0.1, 0.15) is 32.3 Å². The Morgan fingerprint density at radius 1 is 1.35 bits per heavy atom. The Balaban J connectivity index is 0.00000200. The van der Waals surface area contributed by atoms with Crippen LogP contribution in [0.15, 0.2) is 18.2 Å². The number of amides is 1. The van der Waals surface area contributed by atoms with Crippen LogP contribution in [-0.4, -0.2) is 18.0 Å². The molecule has 1 amide bonds. The summed E-state index contributed by atoms with van der Waals surface area (Å²) in [6.07, 6.45) is 1.51. The molecule has 0 radical (unpaired) electrons. The molecule has 6 heteroatoms. The highest BCUT2D eigenvalue weighted by Crippen LogP contribution is 2.36. The van der Waals surface area contributed by atoms with Gasteiger partial charge in [-0.3, -0.25) is 4.79 Å². The molecule has 0 unspecified atom stereocenters. The predicted octanol–water partition coefficient (Wildman–Crippen LogP) is 3.30. The monoisotopic (exact) mass is 336 g/mol. The predicted molar refractivity (Wildman–Crippen MR) is 85.9 cm³/mol. The second kappa shape index (κ2) is 6.10. The minimum atomic E-state index is -0.652. The van der Waals surface area contributed by atoms with Crippen LogP contribution in [0.25, 0.3) is 0 Å². The molecule has 3 N–H and O–H groups in total. The Bertz CT molecular complexity index is 493. The molecule has 0 spiro atoms. The van der Waals surface area contributed by atoms with Crippen LogP contribution in [0.5, 0.6) is 0 Å². The van der Waals surface area contributed by atoms with E-state index in [1.807, 2.05) is 19.9 Å². The fourth-order valence-electron chi connectivity index (χ4n) is 2.07. The smallest absolute Gasteiger partial charge is 0.240 e. The van der Waals surface area contributed by atoms with E-state index in [9.17, 15) is 4.79 Å². The summed E-state index contributed by atoms with van der Waals surface area (Å²) in [6, 6.07) is 5.41. The van der Waals surface area contributed by atoms with Crippen LogP contribution in [0, 0.1) is 0 Å². The van der Waals surface area contributed by atoms with Gasteiger partial charge in [-0.2, -0.15) is 0 Å². The number of hydrogen-bond donors (Lipinski definition) is 2. The van der Waals surface area contributed by atoms with Gasteiger partial charge in [-0.15, -0.1) is 12.4 Å². The van der Waals surface area contributed by atoms with E-state index < -0.39 is 5.54 Å². The third-order valence-corrected chi connectivity index (χ3v) is 4.20. The second-order valence-electron chi connectivity index (χ2n) is 5.82. The molecule has 1 aliphatic carbocycles. The lowest BCUT2D eigenvalue weighted by atomic mass is 9.84. The van der Waals surface area contributed by atoms with Crippen molar-refractivity contribution in [2.75, 3.05) is 6.54 Å². The molecule has 3 nitrogen and oxygen atoms in total. The molecule has 0 bridgehead atoms. The molecular formula is C14H19Cl3N2O. The highest BCUT2D eigenvalue weighted by molar-refractivity contribution is 6.36. The number of rotatable bonds is 4. The Kier molecular flexibility index (Phi) is 5.36. The molecule has 0 saturated heterocycles. The van der Waals surface area contributed by atoms with Gasteiger partial charge in [0.15, 0.2) is 0 Å². The first kappa shape index (κ1) is 17.6. The van der Waals surface area contributed by atoms with Gasteiger partial charge in [-0.1, -0.05) is 43.1 Å². The molecule has 0 atom stereocenters. The van der Waals surface area contributed by atoms with Gasteiger partial charge in [0.25, 0.3) is 0 Å². The lowest BCUT2D eigenvalue weighted by Crippen LogP contribution is -2.46. The van der Waals surface area contributed by atoms with E-state index in [1.54, 1.807) is 12.1 Å². The van der Waals surface area contributed by atoms with Crippen LogP contribution in [-0.2, 0) is 10.2 Å². The minimum absolute atomic E-state index is 0. The van der Waals surface area contributed by atoms with E-state index in [0.29, 0.717) is 16.6 Å². The van der Waals surface area contributed by atoms with Gasteiger partial charge in [0.1, 0.15) is 0 Å². The third-order valence-electron chi connectivity index (χ3n) is 3.57. The molecule has 1 saturated carbocycles. The topological polar surface area (TPSA) is 55.1 Å². The zero-order valence-electron chi connectivity index (χ0n) is 11.5. The molecule has 0 heterocycles. The van der Waals surface area contributed by atoms with Crippen LogP contribution >= 0.6 is 35.6 Å². The summed E-state index contributed by atoms with van der Waals surface area (Å²) >= 11 is 12.4. The van der Waals surface area contributed by atoms with Crippen molar-refractivity contribution < 1.29 is 4.79 Å². The normalized spacial score (nSPS) is 16.2. The first-order valence-corrected chi connectivity index (χ1v) is 7.03. The van der Waals surface area contributed by atoms with Crippen LogP contribution in [0.2, 0.25) is 10.0 Å². The fraction of sp³-hybridized carbons (Fsp3) is 0.500. The summed E-state index contributed by atoms with van der Waals surface area (Å²) in [5, 5.41) is 4.12. The Labute approximate surface area is 135 Å². The lowest BCUT2D eigenvalue weighted by molar-refractivity contribution is -0.123. The number of hydrogen-bond acceptors (Lipinski definition) is 2. The number of nitrogens with two attached hydrogens (primary N) is 1. The largest absolute Gasteiger partial charge is 0.354 e. The van der Waals surface area contributed by atoms with Crippen molar-refractivity contribution in [3.8, 4) is 0 Å². The highest BCUT2D eigenvalue weighted by Gasteiger charge is 2.46. The Hall–Kier alpha value is -0.480. The molecular weight excluding hydrogens is 319 g/mol. The van der Waals surface area contributed by atoms with Crippen molar-refractivity contribution in [2.45, 2.75) is 37.6 Å². The van der Waals surface area contributed by atoms with E-state index >= 15 is 0 Å². The number of benzene rings is 1. The standard InChI is InChI=1S/C14H18Cl2N2O.ClH/c1-13(2,8-18-12(19)14(17)6-7-14)11-9(15)4-3-5-10(11)16;/h3-5H,6-8,17H2,1-2H3,(H,18,19);1H. The molecule has 20 heavy (non-hydrogen) atoms. The average Bonchev–Trinajstić information content (AvgIpc) is 3.05. The summed E-state index contributed by atoms with van der Waals surface area (Å²) in [7, 11) is 0. The van der Waals surface area contributed by atoms with Gasteiger partial charge < -0.3 is 11.1 Å². The van der Waals surface area contributed by atoms with Gasteiger partial charge in [0, 0.05) is 22.0 Å². The van der Waals surface area contributed by atoms with Gasteiger partial charge in [-0.05, 0) is 30.5 Å². The molecule has 112 valence electrons. The third kappa shape index (κ3) is 3.59. The molecule has 0 aliphatic heterocycles. The average molecular weight is 338 g/mol. The molecule has 1 aromatic rings. The summed E-state index contributed by atoms with van der Waals surface area (Å²) < 4.78 is 0. The molecule has 1 aromatic carbocycles. The fourth-order valence-corrected chi connectivity index (χ4v) is 2.98. The van der Waals surface area contributed by atoms with E-state index in [-0.39, 0.29) is 23.7 Å². The zero-order valence-corrected chi connectivity index (χ0v) is 13.8. The van der Waals surface area contributed by atoms with E-state index in [2.05, 4.69) is 5.32 Å². The van der Waals surface area contributed by atoms with Crippen LogP contribution < -0.4 is 11.1 Å². The maximum Gasteiger partial charge on any atom is 0.240 e. The van der Waals surface area contributed by atoms with Crippen molar-refractivity contribution in [1.82, 2.24) is 5.32 Å². The number of nitrogens with one attached hydrogen (secondary N) is 1. The van der Waals surface area contributed by atoms with E-state index in [1.165, 1.54) is 0 Å². The zero-order chi connectivity index (χ0) is 14.3. The lowest BCUT2D eigenvalue weighted by Gasteiger charge is -2.28. The van der Waals surface area contributed by atoms with Crippen LogP contribution in [0.4, 0.5) is 0 Å². The summed E-state index contributed by atoms with van der Waals surface area (Å²) in [5.74, 6) is -0.0937. The maximum atomic E-state index is 11.9. The Morgan fingerprint density at radius 3 is 2.30 bits per heavy atom. The van der Waals surface area contributed by atoms with E-state index in [0.717, 1.165) is 18.4 Å². The molecule has 1 fully saturated rings. The van der Waals surface area contributed by atoms with Crippen molar-refractivity contribution in [2.24, 2.45) is 5.73 Å².